The zero-order valence-corrected chi connectivity index (χ0v) is 20.9. The molecular weight excluding hydrogens is 657 g/mol. The van der Waals surface area contributed by atoms with Crippen LogP contribution in [0.15, 0.2) is 60.7 Å². The smallest absolute Gasteiger partial charge is 0.460 e. The van der Waals surface area contributed by atoms with Crippen LogP contribution in [0.4, 0.5) is 74.6 Å². The molecule has 2 aromatic rings. The first-order valence-corrected chi connectivity index (χ1v) is 11.3. The Labute approximate surface area is 234 Å². The molecule has 0 unspecified atom stereocenters. The largest absolute Gasteiger partial charge is 0.498 e. The number of hydrogen-bond acceptors (Lipinski definition) is 2. The molecule has 0 heterocycles. The van der Waals surface area contributed by atoms with Gasteiger partial charge in [-0.05, 0) is 0 Å². The van der Waals surface area contributed by atoms with Gasteiger partial charge in [-0.25, -0.2) is 0 Å². The number of ether oxygens (including phenoxy) is 1. The van der Waals surface area contributed by atoms with Crippen LogP contribution in [0.1, 0.15) is 17.5 Å². The van der Waals surface area contributed by atoms with Crippen molar-refractivity contribution in [3.05, 3.63) is 82.0 Å². The van der Waals surface area contributed by atoms with Gasteiger partial charge in [0.1, 0.15) is 0 Å². The summed E-state index contributed by atoms with van der Waals surface area (Å²) in [5, 5.41) is 13.4. The molecule has 0 bridgehead atoms. The molecule has 0 saturated heterocycles. The normalized spacial score (nSPS) is 14.7. The third kappa shape index (κ3) is 5.47. The molecule has 246 valence electrons. The lowest BCUT2D eigenvalue weighted by Crippen LogP contribution is -2.74. The summed E-state index contributed by atoms with van der Waals surface area (Å²) in [6.45, 7) is -1.96. The summed E-state index contributed by atoms with van der Waals surface area (Å²) in [4.78, 5) is 0. The predicted octanol–water partition coefficient (Wildman–Crippen LogP) is 9.18. The number of halogens is 17. The minimum absolute atomic E-state index is 0.204. The van der Waals surface area contributed by atoms with E-state index in [2.05, 4.69) is 5.01 Å². The average Bonchev–Trinajstić information content (AvgIpc) is 2.92. The highest BCUT2D eigenvalue weighted by atomic mass is 19.4. The van der Waals surface area contributed by atoms with Crippen LogP contribution < -0.4 is 0 Å². The Morgan fingerprint density at radius 1 is 0.523 bits per heavy atom. The first kappa shape index (κ1) is 36.7. The lowest BCUT2D eigenvalue weighted by molar-refractivity contribution is -0.462. The van der Waals surface area contributed by atoms with Gasteiger partial charge in [-0.1, -0.05) is 60.7 Å². The molecule has 2 aromatic carbocycles. The molecule has 3 nitrogen and oxygen atoms in total. The topological polar surface area (TPSA) is 36.6 Å². The van der Waals surface area contributed by atoms with Gasteiger partial charge in [0.05, 0.1) is 6.61 Å². The molecule has 0 atom stereocenters. The van der Waals surface area contributed by atoms with Gasteiger partial charge in [0.15, 0.2) is 0 Å². The third-order valence-electron chi connectivity index (χ3n) is 6.09. The van der Waals surface area contributed by atoms with Gasteiger partial charge in [0.25, 0.3) is 5.60 Å². The molecule has 0 aromatic heterocycles. The van der Waals surface area contributed by atoms with Crippen LogP contribution in [-0.4, -0.2) is 54.2 Å². The van der Waals surface area contributed by atoms with Crippen molar-refractivity contribution in [1.82, 2.24) is 0 Å². The van der Waals surface area contributed by atoms with Gasteiger partial charge in [0, 0.05) is 22.6 Å². The Morgan fingerprint density at radius 2 is 0.864 bits per heavy atom. The van der Waals surface area contributed by atoms with Gasteiger partial charge < -0.3 is 9.94 Å². The van der Waals surface area contributed by atoms with Crippen LogP contribution in [0.2, 0.25) is 0 Å². The van der Waals surface area contributed by atoms with Gasteiger partial charge in [-0.3, -0.25) is 0 Å². The molecular formula is C24H14F17NO2. The fourth-order valence-electron chi connectivity index (χ4n) is 3.59. The molecule has 2 rings (SSSR count). The predicted molar refractivity (Wildman–Crippen MR) is 116 cm³/mol. The summed E-state index contributed by atoms with van der Waals surface area (Å²) < 4.78 is 235. The monoisotopic (exact) mass is 671 g/mol. The van der Waals surface area contributed by atoms with E-state index in [0.29, 0.717) is 0 Å². The van der Waals surface area contributed by atoms with Crippen molar-refractivity contribution < 1.29 is 79.4 Å². The van der Waals surface area contributed by atoms with E-state index in [-0.39, 0.29) is 11.1 Å². The van der Waals surface area contributed by atoms with Crippen molar-refractivity contribution in [2.45, 2.75) is 59.7 Å². The van der Waals surface area contributed by atoms with Crippen LogP contribution in [-0.2, 0) is 10.3 Å². The minimum Gasteiger partial charge on any atom is -0.498 e. The molecule has 0 saturated carbocycles. The zero-order chi connectivity index (χ0) is 34.3. The van der Waals surface area contributed by atoms with Gasteiger partial charge in [0.2, 0.25) is 0 Å². The van der Waals surface area contributed by atoms with Crippen molar-refractivity contribution in [2.75, 3.05) is 6.61 Å². The number of benzene rings is 2. The van der Waals surface area contributed by atoms with Gasteiger partial charge in [-0.2, -0.15) is 74.6 Å². The van der Waals surface area contributed by atoms with Crippen molar-refractivity contribution in [1.29, 1.82) is 0 Å². The van der Waals surface area contributed by atoms with Crippen LogP contribution in [0.3, 0.4) is 0 Å². The molecule has 0 aliphatic carbocycles. The van der Waals surface area contributed by atoms with Crippen molar-refractivity contribution in [3.8, 4) is 6.07 Å². The quantitative estimate of drug-likeness (QED) is 0.167. The summed E-state index contributed by atoms with van der Waals surface area (Å²) in [6, 6.07) is 14.1. The standard InChI is InChI=1S/C24H14F17NO2/c25-17(26,11-12-44-16(13-42-43,14-7-3-1-4-8-14)15-9-5-2-6-10-15)18(27,28)19(29,30)20(31,32)21(33,34)22(35,36)23(37,38)24(39,40)41/h1-10H,11-12H2. The maximum Gasteiger partial charge on any atom is 0.460 e. The van der Waals surface area contributed by atoms with Crippen LogP contribution in [0.25, 0.3) is 5.01 Å². The molecule has 0 amide bonds. The highest BCUT2D eigenvalue weighted by molar-refractivity contribution is 5.44. The zero-order valence-electron chi connectivity index (χ0n) is 20.9. The van der Waals surface area contributed by atoms with E-state index in [1.165, 1.54) is 36.4 Å². The van der Waals surface area contributed by atoms with Crippen LogP contribution in [0, 0.1) is 11.3 Å². The first-order valence-electron chi connectivity index (χ1n) is 11.3. The SMILES string of the molecule is [O-][N+]#CC(OCCC(F)(F)C(F)(F)C(F)(F)C(F)(F)C(F)(F)C(F)(F)C(F)(F)C(F)(F)F)(c1ccccc1)c1ccccc1. The summed E-state index contributed by atoms with van der Waals surface area (Å²) in [6.07, 6.45) is -10.7. The van der Waals surface area contributed by atoms with Crippen molar-refractivity contribution in [2.24, 2.45) is 0 Å². The van der Waals surface area contributed by atoms with E-state index < -0.39 is 66.3 Å². The molecule has 0 aliphatic rings. The number of nitrogens with zero attached hydrogens (tertiary/aromatic N) is 1. The fourth-order valence-corrected chi connectivity index (χ4v) is 3.59. The van der Waals surface area contributed by atoms with E-state index in [1.807, 2.05) is 0 Å². The molecule has 0 spiro atoms. The second-order valence-corrected chi connectivity index (χ2v) is 8.86. The Balaban J connectivity index is 2.52. The summed E-state index contributed by atoms with van der Waals surface area (Å²) in [5.41, 5.74) is -2.91. The third-order valence-corrected chi connectivity index (χ3v) is 6.09. The fraction of sp³-hybridized carbons (Fsp3) is 0.458. The molecule has 0 aliphatic heterocycles. The van der Waals surface area contributed by atoms with E-state index in [1.54, 1.807) is 6.07 Å². The highest BCUT2D eigenvalue weighted by Gasteiger charge is 2.95. The van der Waals surface area contributed by atoms with Crippen molar-refractivity contribution in [3.63, 3.8) is 0 Å². The summed E-state index contributed by atoms with van der Waals surface area (Å²) in [5.74, 6) is -57.1. The lowest BCUT2D eigenvalue weighted by atomic mass is 9.87. The molecule has 44 heavy (non-hydrogen) atoms. The average molecular weight is 671 g/mol. The summed E-state index contributed by atoms with van der Waals surface area (Å²) in [7, 11) is 0. The highest BCUT2D eigenvalue weighted by Crippen LogP contribution is 2.64. The van der Waals surface area contributed by atoms with E-state index >= 15 is 0 Å². The maximum atomic E-state index is 14.4. The Morgan fingerprint density at radius 3 is 1.20 bits per heavy atom. The Hall–Kier alpha value is -3.50. The second kappa shape index (κ2) is 11.5. The van der Waals surface area contributed by atoms with Gasteiger partial charge >= 0.3 is 53.7 Å². The van der Waals surface area contributed by atoms with E-state index in [0.717, 1.165) is 24.3 Å². The molecule has 20 heteroatoms. The first-order chi connectivity index (χ1) is 19.7. The van der Waals surface area contributed by atoms with Crippen LogP contribution >= 0.6 is 0 Å². The molecule has 0 radical (unpaired) electrons. The van der Waals surface area contributed by atoms with E-state index in [4.69, 9.17) is 4.74 Å². The lowest BCUT2D eigenvalue weighted by Gasteiger charge is -2.42. The Kier molecular flexibility index (Phi) is 9.55. The second-order valence-electron chi connectivity index (χ2n) is 8.86. The number of hydrogen-bond donors (Lipinski definition) is 0. The maximum absolute atomic E-state index is 14.4. The molecule has 0 fully saturated rings. The number of rotatable bonds is 12. The van der Waals surface area contributed by atoms with Crippen LogP contribution in [0.5, 0.6) is 0 Å². The minimum atomic E-state index is -8.71. The Bertz CT molecular complexity index is 1290. The van der Waals surface area contributed by atoms with E-state index in [9.17, 15) is 79.8 Å². The molecule has 0 N–H and O–H groups in total. The van der Waals surface area contributed by atoms with Crippen molar-refractivity contribution >= 4 is 0 Å². The number of alkyl halides is 17. The summed E-state index contributed by atoms with van der Waals surface area (Å²) >= 11 is 0. The van der Waals surface area contributed by atoms with Gasteiger partial charge in [-0.15, -0.1) is 0 Å².